The molecule has 2 fully saturated rings. The lowest BCUT2D eigenvalue weighted by Gasteiger charge is -2.43. The topological polar surface area (TPSA) is 0 Å². The summed E-state index contributed by atoms with van der Waals surface area (Å²) in [6.45, 7) is 6.92. The van der Waals surface area contributed by atoms with E-state index in [9.17, 15) is 0 Å². The maximum atomic E-state index is 2.46. The third-order valence-corrected chi connectivity index (χ3v) is 3.87. The van der Waals surface area contributed by atoms with Gasteiger partial charge in [-0.15, -0.1) is 0 Å². The lowest BCUT2D eigenvalue weighted by atomic mass is 10.0. The number of hydrogen-bond acceptors (Lipinski definition) is 0. The predicted molar refractivity (Wildman–Crippen MR) is 47.4 cm³/mol. The summed E-state index contributed by atoms with van der Waals surface area (Å²) in [5.41, 5.74) is 0. The van der Waals surface area contributed by atoms with Crippen molar-refractivity contribution in [1.82, 2.24) is 0 Å². The first kappa shape index (κ1) is 7.60. The van der Waals surface area contributed by atoms with E-state index >= 15 is 0 Å². The molecule has 0 aromatic heterocycles. The number of quaternary nitrogens is 1. The highest BCUT2D eigenvalue weighted by Gasteiger charge is 2.38. The van der Waals surface area contributed by atoms with E-state index in [0.29, 0.717) is 0 Å². The average molecular weight is 154 g/mol. The molecule has 0 bridgehead atoms. The first-order chi connectivity index (χ1) is 5.33. The van der Waals surface area contributed by atoms with Crippen molar-refractivity contribution in [3.63, 3.8) is 0 Å². The van der Waals surface area contributed by atoms with E-state index in [1.165, 1.54) is 56.2 Å². The quantitative estimate of drug-likeness (QED) is 0.469. The Hall–Kier alpha value is -0.0400. The Bertz CT molecular complexity index is 136. The fourth-order valence-corrected chi connectivity index (χ4v) is 2.99. The van der Waals surface area contributed by atoms with Gasteiger partial charge in [0.15, 0.2) is 0 Å². The molecule has 64 valence electrons. The van der Waals surface area contributed by atoms with E-state index in [0.717, 1.165) is 6.04 Å². The van der Waals surface area contributed by atoms with Crippen molar-refractivity contribution in [2.75, 3.05) is 19.6 Å². The highest BCUT2D eigenvalue weighted by atomic mass is 15.4. The molecule has 1 atom stereocenters. The second-order valence-corrected chi connectivity index (χ2v) is 4.44. The monoisotopic (exact) mass is 154 g/mol. The summed E-state index contributed by atoms with van der Waals surface area (Å²) in [5.74, 6) is 0. The van der Waals surface area contributed by atoms with Crippen molar-refractivity contribution < 1.29 is 4.48 Å². The fourth-order valence-electron chi connectivity index (χ4n) is 2.99. The maximum Gasteiger partial charge on any atom is 0.0861 e. The molecule has 2 rings (SSSR count). The Morgan fingerprint density at radius 3 is 2.00 bits per heavy atom. The van der Waals surface area contributed by atoms with E-state index in [4.69, 9.17) is 0 Å². The summed E-state index contributed by atoms with van der Waals surface area (Å²) >= 11 is 0. The Balaban J connectivity index is 2.07. The second-order valence-electron chi connectivity index (χ2n) is 4.44. The molecule has 2 aliphatic heterocycles. The van der Waals surface area contributed by atoms with E-state index in [-0.39, 0.29) is 0 Å². The molecule has 1 heteroatoms. The summed E-state index contributed by atoms with van der Waals surface area (Å²) in [5, 5.41) is 0. The smallest absolute Gasteiger partial charge is 0.0861 e. The molecular weight excluding hydrogens is 134 g/mol. The molecule has 0 radical (unpaired) electrons. The summed E-state index contributed by atoms with van der Waals surface area (Å²) in [4.78, 5) is 0. The van der Waals surface area contributed by atoms with Gasteiger partial charge in [0, 0.05) is 12.8 Å². The predicted octanol–water partition coefficient (Wildman–Crippen LogP) is 2.17. The van der Waals surface area contributed by atoms with Crippen LogP contribution >= 0.6 is 0 Å². The van der Waals surface area contributed by atoms with Crippen molar-refractivity contribution in [3.8, 4) is 0 Å². The zero-order valence-corrected chi connectivity index (χ0v) is 7.68. The fraction of sp³-hybridized carbons (Fsp3) is 1.00. The normalized spacial score (nSPS) is 36.3. The van der Waals surface area contributed by atoms with Gasteiger partial charge in [-0.25, -0.2) is 0 Å². The van der Waals surface area contributed by atoms with E-state index < -0.39 is 0 Å². The zero-order chi connectivity index (χ0) is 7.73. The Labute approximate surface area is 70.0 Å². The maximum absolute atomic E-state index is 2.46. The van der Waals surface area contributed by atoms with Crippen LogP contribution in [0.2, 0.25) is 0 Å². The molecule has 2 aliphatic rings. The summed E-state index contributed by atoms with van der Waals surface area (Å²) < 4.78 is 1.49. The molecule has 0 saturated carbocycles. The van der Waals surface area contributed by atoms with Crippen LogP contribution in [-0.4, -0.2) is 30.2 Å². The first-order valence-electron chi connectivity index (χ1n) is 5.19. The highest BCUT2D eigenvalue weighted by Crippen LogP contribution is 2.30. The molecule has 2 saturated heterocycles. The van der Waals surface area contributed by atoms with Crippen LogP contribution in [0, 0.1) is 0 Å². The molecule has 0 aliphatic carbocycles. The molecule has 1 nitrogen and oxygen atoms in total. The van der Waals surface area contributed by atoms with Crippen molar-refractivity contribution in [1.29, 1.82) is 0 Å². The van der Waals surface area contributed by atoms with Crippen molar-refractivity contribution in [2.45, 2.75) is 45.1 Å². The highest BCUT2D eigenvalue weighted by molar-refractivity contribution is 4.66. The minimum absolute atomic E-state index is 0.978. The SMILES string of the molecule is C[C@@H]1CCCC[N+]12CCCC2. The van der Waals surface area contributed by atoms with Crippen LogP contribution < -0.4 is 0 Å². The summed E-state index contributed by atoms with van der Waals surface area (Å²) in [7, 11) is 0. The largest absolute Gasteiger partial charge is 0.321 e. The Kier molecular flexibility index (Phi) is 1.92. The standard InChI is InChI=1S/C10H20N/c1-10-6-2-3-7-11(10)8-4-5-9-11/h10H,2-9H2,1H3/q+1/t10-/m1/s1. The molecule has 1 spiro atoms. The van der Waals surface area contributed by atoms with Crippen molar-refractivity contribution in [3.05, 3.63) is 0 Å². The average Bonchev–Trinajstić information content (AvgIpc) is 2.46. The van der Waals surface area contributed by atoms with Gasteiger partial charge in [0.1, 0.15) is 0 Å². The van der Waals surface area contributed by atoms with Crippen LogP contribution in [0.5, 0.6) is 0 Å². The van der Waals surface area contributed by atoms with E-state index in [1.807, 2.05) is 0 Å². The second kappa shape index (κ2) is 2.78. The number of hydrogen-bond donors (Lipinski definition) is 0. The van der Waals surface area contributed by atoms with Crippen LogP contribution in [0.15, 0.2) is 0 Å². The molecule has 11 heavy (non-hydrogen) atoms. The molecule has 0 aromatic rings. The molecule has 2 heterocycles. The van der Waals surface area contributed by atoms with Crippen LogP contribution in [0.25, 0.3) is 0 Å². The van der Waals surface area contributed by atoms with Gasteiger partial charge in [-0.2, -0.15) is 0 Å². The molecule has 0 N–H and O–H groups in total. The van der Waals surface area contributed by atoms with Gasteiger partial charge >= 0.3 is 0 Å². The van der Waals surface area contributed by atoms with Gasteiger partial charge in [-0.05, 0) is 26.2 Å². The van der Waals surface area contributed by atoms with Gasteiger partial charge in [-0.3, -0.25) is 0 Å². The minimum atomic E-state index is 0.978. The van der Waals surface area contributed by atoms with Crippen molar-refractivity contribution >= 4 is 0 Å². The summed E-state index contributed by atoms with van der Waals surface area (Å²) in [6.07, 6.45) is 7.44. The lowest BCUT2D eigenvalue weighted by molar-refractivity contribution is -0.943. The van der Waals surface area contributed by atoms with Crippen LogP contribution in [-0.2, 0) is 0 Å². The van der Waals surface area contributed by atoms with Gasteiger partial charge < -0.3 is 4.48 Å². The van der Waals surface area contributed by atoms with E-state index in [1.54, 1.807) is 0 Å². The molecule has 0 amide bonds. The Morgan fingerprint density at radius 2 is 1.45 bits per heavy atom. The van der Waals surface area contributed by atoms with Crippen molar-refractivity contribution in [2.24, 2.45) is 0 Å². The Morgan fingerprint density at radius 1 is 0.909 bits per heavy atom. The minimum Gasteiger partial charge on any atom is -0.321 e. The van der Waals surface area contributed by atoms with Gasteiger partial charge in [-0.1, -0.05) is 0 Å². The number of piperidine rings is 1. The lowest BCUT2D eigenvalue weighted by Crippen LogP contribution is -2.54. The first-order valence-corrected chi connectivity index (χ1v) is 5.19. The van der Waals surface area contributed by atoms with Crippen LogP contribution in [0.3, 0.4) is 0 Å². The van der Waals surface area contributed by atoms with Crippen LogP contribution in [0.4, 0.5) is 0 Å². The molecule has 0 aromatic carbocycles. The summed E-state index contributed by atoms with van der Waals surface area (Å²) in [6, 6.07) is 0.978. The van der Waals surface area contributed by atoms with Gasteiger partial charge in [0.05, 0.1) is 25.7 Å². The third-order valence-electron chi connectivity index (χ3n) is 3.87. The van der Waals surface area contributed by atoms with Gasteiger partial charge in [0.2, 0.25) is 0 Å². The van der Waals surface area contributed by atoms with E-state index in [2.05, 4.69) is 6.92 Å². The molecular formula is C10H20N+. The zero-order valence-electron chi connectivity index (χ0n) is 7.68. The van der Waals surface area contributed by atoms with Gasteiger partial charge in [0.25, 0.3) is 0 Å². The third kappa shape index (κ3) is 1.20. The number of nitrogens with zero attached hydrogens (tertiary/aromatic N) is 1. The number of rotatable bonds is 0. The van der Waals surface area contributed by atoms with Crippen LogP contribution in [0.1, 0.15) is 39.0 Å². The molecule has 0 unspecified atom stereocenters.